The molecule has 1 amide bonds. The average molecular weight is 328 g/mol. The van der Waals surface area contributed by atoms with Gasteiger partial charge in [-0.05, 0) is 37.8 Å². The molecular weight excluding hydrogens is 300 g/mol. The predicted molar refractivity (Wildman–Crippen MR) is 98.7 cm³/mol. The van der Waals surface area contributed by atoms with Crippen LogP contribution in [-0.4, -0.2) is 21.5 Å². The average Bonchev–Trinajstić information content (AvgIpc) is 2.95. The van der Waals surface area contributed by atoms with Gasteiger partial charge in [0.25, 0.3) is 0 Å². The van der Waals surface area contributed by atoms with Gasteiger partial charge in [0, 0.05) is 25.4 Å². The van der Waals surface area contributed by atoms with E-state index in [4.69, 9.17) is 5.73 Å². The fourth-order valence-electron chi connectivity index (χ4n) is 3.42. The first-order valence-electron chi connectivity index (χ1n) is 8.71. The topological polar surface area (TPSA) is 72.9 Å². The smallest absolute Gasteiger partial charge is 0.241 e. The molecule has 1 aliphatic rings. The summed E-state index contributed by atoms with van der Waals surface area (Å²) < 4.78 is 1.99. The Kier molecular flexibility index (Phi) is 5.00. The largest absolute Gasteiger partial charge is 0.337 e. The first-order valence-corrected chi connectivity index (χ1v) is 8.71. The van der Waals surface area contributed by atoms with Gasteiger partial charge in [0.15, 0.2) is 0 Å². The van der Waals surface area contributed by atoms with E-state index in [1.54, 1.807) is 0 Å². The quantitative estimate of drug-likeness (QED) is 0.902. The molecule has 24 heavy (non-hydrogen) atoms. The van der Waals surface area contributed by atoms with Gasteiger partial charge in [0.2, 0.25) is 5.91 Å². The summed E-state index contributed by atoms with van der Waals surface area (Å²) >= 11 is 0. The number of hydrogen-bond acceptors (Lipinski definition) is 3. The first kappa shape index (κ1) is 16.7. The van der Waals surface area contributed by atoms with Crippen molar-refractivity contribution in [2.75, 3.05) is 5.32 Å². The van der Waals surface area contributed by atoms with E-state index in [-0.39, 0.29) is 7.33 Å². The zero-order chi connectivity index (χ0) is 17.1. The lowest BCUT2D eigenvalue weighted by atomic mass is 9.84. The van der Waals surface area contributed by atoms with E-state index < -0.39 is 6.04 Å². The molecule has 0 saturated heterocycles. The molecular formula is C19H28N4O. The second-order valence-electron chi connectivity index (χ2n) is 6.78. The fraction of sp³-hybridized carbons (Fsp3) is 0.474. The maximum Gasteiger partial charge on any atom is 0.241 e. The second-order valence-corrected chi connectivity index (χ2v) is 6.78. The molecule has 1 heterocycles. The van der Waals surface area contributed by atoms with E-state index in [0.29, 0.717) is 5.92 Å². The van der Waals surface area contributed by atoms with Gasteiger partial charge in [0.1, 0.15) is 0 Å². The SMILES string of the molecule is Cc1c(-c2ccc(NC(=O)[C@@H](N)C3CCCCC3)cc2)ncn1C.[HH]. The lowest BCUT2D eigenvalue weighted by Crippen LogP contribution is -2.42. The normalized spacial score (nSPS) is 16.8. The monoisotopic (exact) mass is 328 g/mol. The van der Waals surface area contributed by atoms with Crippen LogP contribution in [0.2, 0.25) is 0 Å². The third-order valence-corrected chi connectivity index (χ3v) is 5.12. The van der Waals surface area contributed by atoms with Crippen LogP contribution < -0.4 is 11.1 Å². The zero-order valence-electron chi connectivity index (χ0n) is 14.5. The Bertz CT molecular complexity index is 705. The Balaban J connectivity index is 0.00000225. The Morgan fingerprint density at radius 1 is 1.29 bits per heavy atom. The molecule has 3 rings (SSSR count). The first-order chi connectivity index (χ1) is 11.6. The number of nitrogens with one attached hydrogen (secondary N) is 1. The molecule has 0 radical (unpaired) electrons. The van der Waals surface area contributed by atoms with E-state index in [1.807, 2.05) is 49.1 Å². The predicted octanol–water partition coefficient (Wildman–Crippen LogP) is 3.49. The van der Waals surface area contributed by atoms with Crippen molar-refractivity contribution in [3.8, 4) is 11.3 Å². The number of benzene rings is 1. The lowest BCUT2D eigenvalue weighted by molar-refractivity contribution is -0.118. The molecule has 1 fully saturated rings. The summed E-state index contributed by atoms with van der Waals surface area (Å²) in [6, 6.07) is 7.38. The molecule has 0 unspecified atom stereocenters. The molecule has 5 heteroatoms. The van der Waals surface area contributed by atoms with Crippen molar-refractivity contribution in [1.29, 1.82) is 0 Å². The van der Waals surface area contributed by atoms with Crippen molar-refractivity contribution < 1.29 is 6.22 Å². The molecule has 130 valence electrons. The van der Waals surface area contributed by atoms with Crippen LogP contribution in [-0.2, 0) is 11.8 Å². The molecule has 3 N–H and O–H groups in total. The third kappa shape index (κ3) is 3.51. The number of aryl methyl sites for hydroxylation is 1. The van der Waals surface area contributed by atoms with E-state index in [9.17, 15) is 4.79 Å². The number of hydrogen-bond donors (Lipinski definition) is 2. The third-order valence-electron chi connectivity index (χ3n) is 5.12. The summed E-state index contributed by atoms with van der Waals surface area (Å²) in [6.45, 7) is 2.04. The molecule has 1 aromatic heterocycles. The summed E-state index contributed by atoms with van der Waals surface area (Å²) in [5.41, 5.74) is 10.1. The van der Waals surface area contributed by atoms with E-state index in [0.717, 1.165) is 35.5 Å². The van der Waals surface area contributed by atoms with Crippen LogP contribution >= 0.6 is 0 Å². The van der Waals surface area contributed by atoms with Gasteiger partial charge in [0.05, 0.1) is 18.1 Å². The Morgan fingerprint density at radius 2 is 1.96 bits per heavy atom. The molecule has 1 aliphatic carbocycles. The van der Waals surface area contributed by atoms with Crippen LogP contribution in [0, 0.1) is 12.8 Å². The molecule has 0 aliphatic heterocycles. The molecule has 1 saturated carbocycles. The van der Waals surface area contributed by atoms with Crippen molar-refractivity contribution in [1.82, 2.24) is 9.55 Å². The van der Waals surface area contributed by atoms with Gasteiger partial charge in [-0.2, -0.15) is 0 Å². The van der Waals surface area contributed by atoms with Gasteiger partial charge in [-0.15, -0.1) is 0 Å². The number of anilines is 1. The van der Waals surface area contributed by atoms with Gasteiger partial charge < -0.3 is 15.6 Å². The number of amides is 1. The van der Waals surface area contributed by atoms with Gasteiger partial charge >= 0.3 is 0 Å². The minimum absolute atomic E-state index is 0. The highest BCUT2D eigenvalue weighted by Gasteiger charge is 2.26. The standard InChI is InChI=1S/C19H26N4O.H2/c1-13-18(21-12-23(13)2)15-8-10-16(11-9-15)22-19(24)17(20)14-6-4-3-5-7-14;/h8-12,14,17H,3-7,20H2,1-2H3,(H,22,24);1H/t17-;/m0./s1. The van der Waals surface area contributed by atoms with E-state index in [2.05, 4.69) is 10.3 Å². The summed E-state index contributed by atoms with van der Waals surface area (Å²) in [6.07, 6.45) is 7.56. The highest BCUT2D eigenvalue weighted by molar-refractivity contribution is 5.95. The molecule has 0 bridgehead atoms. The Hall–Kier alpha value is -2.14. The lowest BCUT2D eigenvalue weighted by Gasteiger charge is -2.26. The van der Waals surface area contributed by atoms with Crippen molar-refractivity contribution in [2.24, 2.45) is 18.7 Å². The van der Waals surface area contributed by atoms with E-state index in [1.165, 1.54) is 19.3 Å². The number of nitrogens with two attached hydrogens (primary N) is 1. The maximum atomic E-state index is 12.4. The van der Waals surface area contributed by atoms with Crippen molar-refractivity contribution >= 4 is 11.6 Å². The summed E-state index contributed by atoms with van der Waals surface area (Å²) in [4.78, 5) is 16.8. The maximum absolute atomic E-state index is 12.4. The number of carbonyl (C=O) groups excluding carboxylic acids is 1. The number of imidazole rings is 1. The molecule has 5 nitrogen and oxygen atoms in total. The van der Waals surface area contributed by atoms with Crippen LogP contribution in [0.15, 0.2) is 30.6 Å². The van der Waals surface area contributed by atoms with Crippen LogP contribution in [0.1, 0.15) is 39.2 Å². The van der Waals surface area contributed by atoms with Gasteiger partial charge in [-0.1, -0.05) is 31.4 Å². The molecule has 0 spiro atoms. The molecule has 1 aromatic carbocycles. The van der Waals surface area contributed by atoms with Crippen LogP contribution in [0.3, 0.4) is 0 Å². The summed E-state index contributed by atoms with van der Waals surface area (Å²) in [7, 11) is 1.98. The van der Waals surface area contributed by atoms with Crippen molar-refractivity contribution in [3.63, 3.8) is 0 Å². The minimum Gasteiger partial charge on any atom is -0.337 e. The van der Waals surface area contributed by atoms with Crippen molar-refractivity contribution in [2.45, 2.75) is 45.1 Å². The number of carbonyl (C=O) groups is 1. The molecule has 1 atom stereocenters. The number of nitrogens with zero attached hydrogens (tertiary/aromatic N) is 2. The van der Waals surface area contributed by atoms with Gasteiger partial charge in [-0.3, -0.25) is 4.79 Å². The summed E-state index contributed by atoms with van der Waals surface area (Å²) in [5, 5.41) is 2.95. The van der Waals surface area contributed by atoms with E-state index >= 15 is 0 Å². The number of aromatic nitrogens is 2. The van der Waals surface area contributed by atoms with Crippen molar-refractivity contribution in [3.05, 3.63) is 36.3 Å². The Morgan fingerprint density at radius 3 is 2.54 bits per heavy atom. The van der Waals surface area contributed by atoms with Crippen LogP contribution in [0.5, 0.6) is 0 Å². The second kappa shape index (κ2) is 7.18. The van der Waals surface area contributed by atoms with Crippen LogP contribution in [0.25, 0.3) is 11.3 Å². The highest BCUT2D eigenvalue weighted by atomic mass is 16.2. The molecule has 2 aromatic rings. The zero-order valence-corrected chi connectivity index (χ0v) is 14.5. The number of rotatable bonds is 4. The van der Waals surface area contributed by atoms with Gasteiger partial charge in [-0.25, -0.2) is 4.98 Å². The van der Waals surface area contributed by atoms with Crippen LogP contribution in [0.4, 0.5) is 5.69 Å². The summed E-state index contributed by atoms with van der Waals surface area (Å²) in [5.74, 6) is 0.234. The minimum atomic E-state index is -0.414. The Labute approximate surface area is 144 Å². The highest BCUT2D eigenvalue weighted by Crippen LogP contribution is 2.27. The fourth-order valence-corrected chi connectivity index (χ4v) is 3.42.